The molecule has 0 saturated carbocycles. The van der Waals surface area contributed by atoms with Gasteiger partial charge >= 0.3 is 0 Å². The smallest absolute Gasteiger partial charge is 0.223 e. The Kier molecular flexibility index (Phi) is 6.09. The molecule has 4 rings (SSSR count). The van der Waals surface area contributed by atoms with E-state index >= 15 is 0 Å². The number of nitrogens with zero attached hydrogens (tertiary/aromatic N) is 2. The van der Waals surface area contributed by atoms with E-state index in [4.69, 9.17) is 4.74 Å². The molecule has 1 aromatic heterocycles. The van der Waals surface area contributed by atoms with E-state index in [0.29, 0.717) is 0 Å². The van der Waals surface area contributed by atoms with Crippen LogP contribution in [0.1, 0.15) is 36.9 Å². The molecule has 158 valence electrons. The van der Waals surface area contributed by atoms with Gasteiger partial charge in [0, 0.05) is 36.6 Å². The zero-order valence-electron chi connectivity index (χ0n) is 18.1. The maximum atomic E-state index is 12.8. The summed E-state index contributed by atoms with van der Waals surface area (Å²) in [5.41, 5.74) is 3.70. The van der Waals surface area contributed by atoms with Crippen LogP contribution in [0, 0.1) is 5.92 Å². The average molecular weight is 406 g/mol. The second-order valence-corrected chi connectivity index (χ2v) is 8.34. The number of rotatable bonds is 6. The molecule has 1 aliphatic rings. The summed E-state index contributed by atoms with van der Waals surface area (Å²) in [6.45, 7) is 4.88. The van der Waals surface area contributed by atoms with Crippen molar-refractivity contribution in [2.45, 2.75) is 32.4 Å². The van der Waals surface area contributed by atoms with Crippen molar-refractivity contribution in [3.8, 4) is 5.75 Å². The molecule has 0 radical (unpaired) electrons. The van der Waals surface area contributed by atoms with Gasteiger partial charge in [-0.3, -0.25) is 9.69 Å². The molecule has 0 aliphatic carbocycles. The van der Waals surface area contributed by atoms with Crippen LogP contribution in [-0.4, -0.2) is 35.6 Å². The number of piperidine rings is 1. The van der Waals surface area contributed by atoms with Gasteiger partial charge in [0.05, 0.1) is 13.2 Å². The third-order valence-electron chi connectivity index (χ3n) is 6.28. The molecule has 1 amide bonds. The number of benzene rings is 2. The second kappa shape index (κ2) is 8.92. The van der Waals surface area contributed by atoms with E-state index in [-0.39, 0.29) is 17.9 Å². The van der Waals surface area contributed by atoms with Crippen LogP contribution in [0.15, 0.2) is 54.7 Å². The summed E-state index contributed by atoms with van der Waals surface area (Å²) in [7, 11) is 3.76. The molecule has 2 heterocycles. The highest BCUT2D eigenvalue weighted by Gasteiger charge is 2.26. The summed E-state index contributed by atoms with van der Waals surface area (Å²) in [6.07, 6.45) is 4.04. The quantitative estimate of drug-likeness (QED) is 0.666. The van der Waals surface area contributed by atoms with Crippen molar-refractivity contribution in [3.05, 3.63) is 65.9 Å². The maximum Gasteiger partial charge on any atom is 0.223 e. The molecule has 5 nitrogen and oxygen atoms in total. The van der Waals surface area contributed by atoms with Crippen molar-refractivity contribution < 1.29 is 9.53 Å². The van der Waals surface area contributed by atoms with Gasteiger partial charge in [-0.05, 0) is 62.2 Å². The highest BCUT2D eigenvalue weighted by Crippen LogP contribution is 2.25. The molecule has 0 bridgehead atoms. The number of amides is 1. The number of methoxy groups -OCH3 is 1. The van der Waals surface area contributed by atoms with Crippen molar-refractivity contribution in [2.75, 3.05) is 20.2 Å². The van der Waals surface area contributed by atoms with E-state index in [0.717, 1.165) is 43.8 Å². The number of fused-ring (bicyclic) bond motifs is 1. The first-order valence-electron chi connectivity index (χ1n) is 10.7. The van der Waals surface area contributed by atoms with Crippen LogP contribution in [0.5, 0.6) is 5.75 Å². The Hall–Kier alpha value is -2.79. The Morgan fingerprint density at radius 2 is 1.93 bits per heavy atom. The molecule has 5 heteroatoms. The molecule has 1 saturated heterocycles. The number of ether oxygens (including phenoxy) is 1. The fourth-order valence-electron chi connectivity index (χ4n) is 4.47. The third kappa shape index (κ3) is 4.36. The third-order valence-corrected chi connectivity index (χ3v) is 6.28. The number of para-hydroxylation sites is 1. The zero-order chi connectivity index (χ0) is 21.1. The van der Waals surface area contributed by atoms with Gasteiger partial charge in [-0.1, -0.05) is 30.3 Å². The van der Waals surface area contributed by atoms with Gasteiger partial charge in [-0.25, -0.2) is 0 Å². The van der Waals surface area contributed by atoms with Crippen molar-refractivity contribution in [2.24, 2.45) is 13.0 Å². The van der Waals surface area contributed by atoms with Crippen LogP contribution in [0.25, 0.3) is 10.9 Å². The van der Waals surface area contributed by atoms with Gasteiger partial charge < -0.3 is 14.6 Å². The Balaban J connectivity index is 1.32. The molecule has 30 heavy (non-hydrogen) atoms. The van der Waals surface area contributed by atoms with Gasteiger partial charge in [0.1, 0.15) is 5.75 Å². The van der Waals surface area contributed by atoms with Crippen molar-refractivity contribution >= 4 is 16.8 Å². The van der Waals surface area contributed by atoms with E-state index in [1.54, 1.807) is 7.11 Å². The SMILES string of the molecule is COc1cccc([C@H](C)NC(=O)C2CCN(Cc3cn(C)c4ccccc34)CC2)c1. The maximum absolute atomic E-state index is 12.8. The topological polar surface area (TPSA) is 46.5 Å². The Labute approximate surface area is 178 Å². The number of aromatic nitrogens is 1. The lowest BCUT2D eigenvalue weighted by Crippen LogP contribution is -2.40. The van der Waals surface area contributed by atoms with Crippen LogP contribution in [0.2, 0.25) is 0 Å². The van der Waals surface area contributed by atoms with Crippen LogP contribution in [0.4, 0.5) is 0 Å². The first kappa shape index (κ1) is 20.5. The summed E-state index contributed by atoms with van der Waals surface area (Å²) >= 11 is 0. The van der Waals surface area contributed by atoms with Gasteiger partial charge in [0.15, 0.2) is 0 Å². The van der Waals surface area contributed by atoms with E-state index < -0.39 is 0 Å². The lowest BCUT2D eigenvalue weighted by Gasteiger charge is -2.31. The van der Waals surface area contributed by atoms with Crippen molar-refractivity contribution in [1.29, 1.82) is 0 Å². The first-order valence-corrected chi connectivity index (χ1v) is 10.7. The Bertz CT molecular complexity index is 1020. The minimum absolute atomic E-state index is 0.0266. The van der Waals surface area contributed by atoms with Gasteiger partial charge in [-0.15, -0.1) is 0 Å². The van der Waals surface area contributed by atoms with Crippen molar-refractivity contribution in [1.82, 2.24) is 14.8 Å². The largest absolute Gasteiger partial charge is 0.497 e. The number of carbonyl (C=O) groups excluding carboxylic acids is 1. The molecule has 1 fully saturated rings. The lowest BCUT2D eigenvalue weighted by atomic mass is 9.94. The van der Waals surface area contributed by atoms with E-state index in [1.807, 2.05) is 31.2 Å². The van der Waals surface area contributed by atoms with Crippen LogP contribution >= 0.6 is 0 Å². The summed E-state index contributed by atoms with van der Waals surface area (Å²) in [6, 6.07) is 16.4. The molecule has 1 atom stereocenters. The monoisotopic (exact) mass is 405 g/mol. The summed E-state index contributed by atoms with van der Waals surface area (Å²) in [5, 5.41) is 4.52. The van der Waals surface area contributed by atoms with Gasteiger partial charge in [0.25, 0.3) is 0 Å². The van der Waals surface area contributed by atoms with Crippen LogP contribution in [0.3, 0.4) is 0 Å². The highest BCUT2D eigenvalue weighted by atomic mass is 16.5. The summed E-state index contributed by atoms with van der Waals surface area (Å²) in [5.74, 6) is 1.06. The fourth-order valence-corrected chi connectivity index (χ4v) is 4.47. The molecule has 1 N–H and O–H groups in total. The first-order chi connectivity index (χ1) is 14.5. The van der Waals surface area contributed by atoms with Crippen LogP contribution in [-0.2, 0) is 18.4 Å². The van der Waals surface area contributed by atoms with Gasteiger partial charge in [-0.2, -0.15) is 0 Å². The number of nitrogens with one attached hydrogen (secondary N) is 1. The van der Waals surface area contributed by atoms with Crippen molar-refractivity contribution in [3.63, 3.8) is 0 Å². The minimum atomic E-state index is -0.0266. The molecule has 0 spiro atoms. The fraction of sp³-hybridized carbons (Fsp3) is 0.400. The average Bonchev–Trinajstić information content (AvgIpc) is 3.09. The molecule has 0 unspecified atom stereocenters. The summed E-state index contributed by atoms with van der Waals surface area (Å²) < 4.78 is 7.49. The normalized spacial score (nSPS) is 16.5. The molecule has 3 aromatic rings. The van der Waals surface area contributed by atoms with Gasteiger partial charge in [0.2, 0.25) is 5.91 Å². The number of carbonyl (C=O) groups is 1. The minimum Gasteiger partial charge on any atom is -0.497 e. The molecular weight excluding hydrogens is 374 g/mol. The predicted molar refractivity (Wildman–Crippen MR) is 120 cm³/mol. The second-order valence-electron chi connectivity index (χ2n) is 8.34. The molecule has 1 aliphatic heterocycles. The summed E-state index contributed by atoms with van der Waals surface area (Å²) in [4.78, 5) is 15.3. The number of aryl methyl sites for hydroxylation is 1. The molecule has 2 aromatic carbocycles. The van der Waals surface area contributed by atoms with E-state index in [9.17, 15) is 4.79 Å². The zero-order valence-corrected chi connectivity index (χ0v) is 18.1. The Morgan fingerprint density at radius 3 is 2.70 bits per heavy atom. The lowest BCUT2D eigenvalue weighted by molar-refractivity contribution is -0.127. The van der Waals surface area contributed by atoms with Crippen LogP contribution < -0.4 is 10.1 Å². The van der Waals surface area contributed by atoms with E-state index in [2.05, 4.69) is 52.3 Å². The number of hydrogen-bond donors (Lipinski definition) is 1. The Morgan fingerprint density at radius 1 is 1.17 bits per heavy atom. The molecular formula is C25H31N3O2. The predicted octanol–water partition coefficient (Wildman–Crippen LogP) is 4.28. The standard InChI is InChI=1S/C25H31N3O2/c1-18(20-7-6-8-22(15-20)30-3)26-25(29)19-11-13-28(14-12-19)17-21-16-27(2)24-10-5-4-9-23(21)24/h4-10,15-16,18-19H,11-14,17H2,1-3H3,(H,26,29)/t18-/m0/s1. The van der Waals surface area contributed by atoms with E-state index in [1.165, 1.54) is 16.5 Å². The number of likely N-dealkylation sites (tertiary alicyclic amines) is 1. The number of hydrogen-bond acceptors (Lipinski definition) is 3. The highest BCUT2D eigenvalue weighted by molar-refractivity contribution is 5.83.